The zero-order chi connectivity index (χ0) is 12.5. The van der Waals surface area contributed by atoms with Gasteiger partial charge in [0.1, 0.15) is 6.61 Å². The lowest BCUT2D eigenvalue weighted by atomic mass is 10.2. The maximum Gasteiger partial charge on any atom is 0.246 e. The van der Waals surface area contributed by atoms with E-state index < -0.39 is 0 Å². The van der Waals surface area contributed by atoms with Gasteiger partial charge in [0.25, 0.3) is 0 Å². The number of rotatable bonds is 7. The fourth-order valence-corrected chi connectivity index (χ4v) is 1.31. The van der Waals surface area contributed by atoms with Crippen LogP contribution in [-0.2, 0) is 16.1 Å². The molecule has 0 saturated heterocycles. The largest absolute Gasteiger partial charge is 0.393 e. The minimum Gasteiger partial charge on any atom is -0.393 e. The second-order valence-electron chi connectivity index (χ2n) is 3.97. The first-order chi connectivity index (χ1) is 8.18. The Labute approximate surface area is 102 Å². The van der Waals surface area contributed by atoms with Crippen LogP contribution in [0.15, 0.2) is 30.3 Å². The summed E-state index contributed by atoms with van der Waals surface area (Å²) in [6.07, 6.45) is 0.172. The van der Waals surface area contributed by atoms with Gasteiger partial charge in [-0.1, -0.05) is 30.3 Å². The number of ether oxygens (including phenoxy) is 1. The summed E-state index contributed by atoms with van der Waals surface area (Å²) in [6, 6.07) is 9.70. The first kappa shape index (κ1) is 13.7. The number of hydrogen-bond donors (Lipinski definition) is 2. The van der Waals surface area contributed by atoms with Gasteiger partial charge in [0.15, 0.2) is 0 Å². The number of amides is 1. The van der Waals surface area contributed by atoms with Crippen LogP contribution in [0.4, 0.5) is 0 Å². The number of carbonyl (C=O) groups is 1. The van der Waals surface area contributed by atoms with E-state index in [9.17, 15) is 4.79 Å². The van der Waals surface area contributed by atoms with Crippen LogP contribution in [0.3, 0.4) is 0 Å². The van der Waals surface area contributed by atoms with Crippen molar-refractivity contribution in [3.05, 3.63) is 35.9 Å². The van der Waals surface area contributed by atoms with Gasteiger partial charge in [-0.15, -0.1) is 0 Å². The third-order valence-corrected chi connectivity index (χ3v) is 2.23. The maximum absolute atomic E-state index is 11.3. The van der Waals surface area contributed by atoms with Crippen molar-refractivity contribution in [2.24, 2.45) is 0 Å². The van der Waals surface area contributed by atoms with Crippen molar-refractivity contribution in [1.82, 2.24) is 5.32 Å². The molecule has 2 N–H and O–H groups in total. The number of nitrogens with one attached hydrogen (secondary N) is 1. The average Bonchev–Trinajstić information content (AvgIpc) is 2.30. The Bertz CT molecular complexity index is 325. The lowest BCUT2D eigenvalue weighted by Gasteiger charge is -2.07. The Hall–Kier alpha value is -1.39. The van der Waals surface area contributed by atoms with E-state index in [1.807, 2.05) is 30.3 Å². The van der Waals surface area contributed by atoms with E-state index in [1.165, 1.54) is 0 Å². The van der Waals surface area contributed by atoms with Crippen molar-refractivity contribution in [2.75, 3.05) is 13.2 Å². The van der Waals surface area contributed by atoms with E-state index >= 15 is 0 Å². The Morgan fingerprint density at radius 2 is 2.12 bits per heavy atom. The van der Waals surface area contributed by atoms with Crippen LogP contribution < -0.4 is 5.32 Å². The van der Waals surface area contributed by atoms with Crippen LogP contribution >= 0.6 is 0 Å². The van der Waals surface area contributed by atoms with E-state index in [4.69, 9.17) is 9.84 Å². The summed E-state index contributed by atoms with van der Waals surface area (Å²) in [6.45, 7) is 2.66. The van der Waals surface area contributed by atoms with Crippen molar-refractivity contribution < 1.29 is 14.6 Å². The topological polar surface area (TPSA) is 58.6 Å². The Balaban J connectivity index is 2.08. The summed E-state index contributed by atoms with van der Waals surface area (Å²) in [4.78, 5) is 11.3. The molecular weight excluding hydrogens is 218 g/mol. The molecule has 1 atom stereocenters. The van der Waals surface area contributed by atoms with Gasteiger partial charge in [-0.2, -0.15) is 0 Å². The molecule has 1 aromatic rings. The third kappa shape index (κ3) is 6.71. The van der Waals surface area contributed by atoms with Gasteiger partial charge in [0, 0.05) is 6.54 Å². The normalized spacial score (nSPS) is 12.1. The van der Waals surface area contributed by atoms with Crippen molar-refractivity contribution in [3.63, 3.8) is 0 Å². The Kier molecular flexibility index (Phi) is 6.29. The molecule has 0 bridgehead atoms. The molecule has 1 amide bonds. The van der Waals surface area contributed by atoms with E-state index in [1.54, 1.807) is 6.92 Å². The quantitative estimate of drug-likeness (QED) is 0.746. The zero-order valence-electron chi connectivity index (χ0n) is 10.1. The van der Waals surface area contributed by atoms with Crippen molar-refractivity contribution >= 4 is 5.91 Å². The van der Waals surface area contributed by atoms with Crippen LogP contribution in [0.1, 0.15) is 18.9 Å². The Morgan fingerprint density at radius 3 is 2.76 bits per heavy atom. The summed E-state index contributed by atoms with van der Waals surface area (Å²) >= 11 is 0. The highest BCUT2D eigenvalue weighted by atomic mass is 16.5. The number of aliphatic hydroxyl groups is 1. The molecule has 94 valence electrons. The molecule has 0 fully saturated rings. The standard InChI is InChI=1S/C13H19NO3/c1-11(15)7-8-14-13(16)10-17-9-12-5-3-2-4-6-12/h2-6,11,15H,7-10H2,1H3,(H,14,16). The third-order valence-electron chi connectivity index (χ3n) is 2.23. The van der Waals surface area contributed by atoms with Gasteiger partial charge in [-0.3, -0.25) is 4.79 Å². The number of hydrogen-bond acceptors (Lipinski definition) is 3. The van der Waals surface area contributed by atoms with Crippen LogP contribution in [-0.4, -0.2) is 30.3 Å². The molecule has 0 saturated carbocycles. The lowest BCUT2D eigenvalue weighted by molar-refractivity contribution is -0.126. The molecular formula is C13H19NO3. The van der Waals surface area contributed by atoms with E-state index in [0.29, 0.717) is 19.6 Å². The molecule has 0 aliphatic carbocycles. The maximum atomic E-state index is 11.3. The van der Waals surface area contributed by atoms with Crippen molar-refractivity contribution in [2.45, 2.75) is 26.1 Å². The molecule has 0 aliphatic rings. The lowest BCUT2D eigenvalue weighted by Crippen LogP contribution is -2.29. The summed E-state index contributed by atoms with van der Waals surface area (Å²) in [5.74, 6) is -0.151. The van der Waals surface area contributed by atoms with Crippen LogP contribution in [0, 0.1) is 0 Å². The second kappa shape index (κ2) is 7.81. The molecule has 1 unspecified atom stereocenters. The smallest absolute Gasteiger partial charge is 0.246 e. The first-order valence-corrected chi connectivity index (χ1v) is 5.75. The van der Waals surface area contributed by atoms with Crippen LogP contribution in [0.5, 0.6) is 0 Å². The highest BCUT2D eigenvalue weighted by Gasteiger charge is 2.02. The van der Waals surface area contributed by atoms with E-state index in [0.717, 1.165) is 5.56 Å². The fraction of sp³-hybridized carbons (Fsp3) is 0.462. The highest BCUT2D eigenvalue weighted by Crippen LogP contribution is 1.99. The molecule has 0 aromatic heterocycles. The SMILES string of the molecule is CC(O)CCNC(=O)COCc1ccccc1. The zero-order valence-corrected chi connectivity index (χ0v) is 10.1. The van der Waals surface area contributed by atoms with Crippen molar-refractivity contribution in [3.8, 4) is 0 Å². The summed E-state index contributed by atoms with van der Waals surface area (Å²) < 4.78 is 5.26. The van der Waals surface area contributed by atoms with Gasteiger partial charge < -0.3 is 15.2 Å². The molecule has 1 rings (SSSR count). The average molecular weight is 237 g/mol. The van der Waals surface area contributed by atoms with E-state index in [-0.39, 0.29) is 18.6 Å². The summed E-state index contributed by atoms with van der Waals surface area (Å²) in [7, 11) is 0. The second-order valence-corrected chi connectivity index (χ2v) is 3.97. The molecule has 17 heavy (non-hydrogen) atoms. The van der Waals surface area contributed by atoms with Crippen LogP contribution in [0.2, 0.25) is 0 Å². The summed E-state index contributed by atoms with van der Waals surface area (Å²) in [5, 5.41) is 11.7. The van der Waals surface area contributed by atoms with Crippen molar-refractivity contribution in [1.29, 1.82) is 0 Å². The van der Waals surface area contributed by atoms with Gasteiger partial charge in [0.2, 0.25) is 5.91 Å². The van der Waals surface area contributed by atoms with E-state index in [2.05, 4.69) is 5.32 Å². The first-order valence-electron chi connectivity index (χ1n) is 5.75. The molecule has 0 heterocycles. The molecule has 4 heteroatoms. The molecule has 0 radical (unpaired) electrons. The molecule has 4 nitrogen and oxygen atoms in total. The minimum atomic E-state index is -0.388. The number of benzene rings is 1. The highest BCUT2D eigenvalue weighted by molar-refractivity contribution is 5.77. The number of carbonyl (C=O) groups excluding carboxylic acids is 1. The predicted octanol–water partition coefficient (Wildman–Crippen LogP) is 1.09. The molecule has 0 spiro atoms. The van der Waals surface area contributed by atoms with Gasteiger partial charge in [-0.25, -0.2) is 0 Å². The summed E-state index contributed by atoms with van der Waals surface area (Å²) in [5.41, 5.74) is 1.05. The predicted molar refractivity (Wildman–Crippen MR) is 65.4 cm³/mol. The number of aliphatic hydroxyl groups excluding tert-OH is 1. The fourth-order valence-electron chi connectivity index (χ4n) is 1.31. The Morgan fingerprint density at radius 1 is 1.41 bits per heavy atom. The van der Waals surface area contributed by atoms with Crippen LogP contribution in [0.25, 0.3) is 0 Å². The van der Waals surface area contributed by atoms with Gasteiger partial charge in [-0.05, 0) is 18.9 Å². The monoisotopic (exact) mass is 237 g/mol. The van der Waals surface area contributed by atoms with Gasteiger partial charge in [0.05, 0.1) is 12.7 Å². The van der Waals surface area contributed by atoms with Gasteiger partial charge >= 0.3 is 0 Å². The minimum absolute atomic E-state index is 0.0503. The molecule has 0 aliphatic heterocycles. The molecule has 1 aromatic carbocycles.